The van der Waals surface area contributed by atoms with Crippen LogP contribution in [0.15, 0.2) is 72.8 Å². The molecule has 9 nitrogen and oxygen atoms in total. The van der Waals surface area contributed by atoms with Crippen LogP contribution in [0.4, 0.5) is 17.1 Å². The zero-order valence-corrected chi connectivity index (χ0v) is 20.5. The molecule has 2 heterocycles. The fraction of sp³-hybridized carbons (Fsp3) is 0.321. The highest BCUT2D eigenvalue weighted by Crippen LogP contribution is 2.31. The van der Waals surface area contributed by atoms with Crippen LogP contribution in [-0.4, -0.2) is 63.5 Å². The third-order valence-electron chi connectivity index (χ3n) is 6.68. The number of benzene rings is 3. The van der Waals surface area contributed by atoms with E-state index in [9.17, 15) is 14.9 Å². The van der Waals surface area contributed by atoms with Crippen molar-refractivity contribution >= 4 is 23.0 Å². The maximum absolute atomic E-state index is 13.1. The second-order valence-electron chi connectivity index (χ2n) is 8.97. The molecule has 3 aromatic rings. The highest BCUT2D eigenvalue weighted by atomic mass is 16.6. The first-order chi connectivity index (χ1) is 18.1. The van der Waals surface area contributed by atoms with Gasteiger partial charge in [0.05, 0.1) is 36.9 Å². The molecule has 0 amide bonds. The summed E-state index contributed by atoms with van der Waals surface area (Å²) in [5.41, 5.74) is 4.04. The first-order valence-corrected chi connectivity index (χ1v) is 12.4. The Morgan fingerprint density at radius 1 is 0.730 bits per heavy atom. The van der Waals surface area contributed by atoms with E-state index in [1.807, 2.05) is 48.5 Å². The summed E-state index contributed by atoms with van der Waals surface area (Å²) in [6.45, 7) is 6.14. The molecule has 0 atom stereocenters. The number of hydrogen-bond acceptors (Lipinski definition) is 8. The zero-order valence-electron chi connectivity index (χ0n) is 20.5. The molecule has 2 saturated heterocycles. The third-order valence-corrected chi connectivity index (χ3v) is 6.68. The van der Waals surface area contributed by atoms with Crippen LogP contribution in [0.25, 0.3) is 0 Å². The van der Waals surface area contributed by atoms with Gasteiger partial charge in [-0.1, -0.05) is 24.3 Å². The molecule has 0 bridgehead atoms. The minimum Gasteiger partial charge on any atom is -0.449 e. The minimum absolute atomic E-state index is 0.0782. The predicted molar refractivity (Wildman–Crippen MR) is 139 cm³/mol. The van der Waals surface area contributed by atoms with Gasteiger partial charge >= 0.3 is 5.97 Å². The molecule has 2 aliphatic rings. The van der Waals surface area contributed by atoms with E-state index in [1.165, 1.54) is 24.3 Å². The summed E-state index contributed by atoms with van der Waals surface area (Å²) in [4.78, 5) is 28.1. The van der Waals surface area contributed by atoms with E-state index in [4.69, 9.17) is 14.2 Å². The van der Waals surface area contributed by atoms with Crippen molar-refractivity contribution in [2.24, 2.45) is 0 Å². The van der Waals surface area contributed by atoms with Gasteiger partial charge in [-0.05, 0) is 47.5 Å². The summed E-state index contributed by atoms with van der Waals surface area (Å²) in [5.74, 6) is -0.547. The summed E-state index contributed by atoms with van der Waals surface area (Å²) >= 11 is 0. The molecule has 0 saturated carbocycles. The zero-order chi connectivity index (χ0) is 25.6. The lowest BCUT2D eigenvalue weighted by Crippen LogP contribution is -2.36. The second kappa shape index (κ2) is 11.4. The fourth-order valence-electron chi connectivity index (χ4n) is 4.59. The molecular weight excluding hydrogens is 474 g/mol. The Bertz CT molecular complexity index is 1140. The minimum atomic E-state index is -0.639. The molecule has 2 fully saturated rings. The van der Waals surface area contributed by atoms with Crippen molar-refractivity contribution < 1.29 is 23.9 Å². The van der Waals surface area contributed by atoms with Crippen LogP contribution >= 0.6 is 0 Å². The Morgan fingerprint density at radius 3 is 1.57 bits per heavy atom. The lowest BCUT2D eigenvalue weighted by molar-refractivity contribution is -0.384. The van der Waals surface area contributed by atoms with Gasteiger partial charge < -0.3 is 24.0 Å². The standard InChI is InChI=1S/C28H29N3O6/c32-28(23-5-11-26(12-6-23)31(33)34)37-27(21-1-7-24(8-2-21)29-13-17-35-18-14-29)22-3-9-25(10-4-22)30-15-19-36-20-16-30/h1-12,27H,13-20H2. The quantitative estimate of drug-likeness (QED) is 0.269. The predicted octanol–water partition coefficient (Wildman–Crippen LogP) is 4.21. The Balaban J connectivity index is 1.40. The number of rotatable bonds is 7. The number of esters is 1. The molecule has 192 valence electrons. The summed E-state index contributed by atoms with van der Waals surface area (Å²) in [6, 6.07) is 21.5. The number of nitro groups is 1. The number of anilines is 2. The van der Waals surface area contributed by atoms with Gasteiger partial charge in [-0.25, -0.2) is 4.79 Å². The Morgan fingerprint density at radius 2 is 1.16 bits per heavy atom. The molecule has 0 aliphatic carbocycles. The van der Waals surface area contributed by atoms with Crippen LogP contribution in [0, 0.1) is 10.1 Å². The van der Waals surface area contributed by atoms with Gasteiger partial charge in [-0.15, -0.1) is 0 Å². The molecule has 0 N–H and O–H groups in total. The second-order valence-corrected chi connectivity index (χ2v) is 8.97. The van der Waals surface area contributed by atoms with Crippen LogP contribution in [0.5, 0.6) is 0 Å². The smallest absolute Gasteiger partial charge is 0.339 e. The van der Waals surface area contributed by atoms with Crippen molar-refractivity contribution in [1.82, 2.24) is 0 Å². The van der Waals surface area contributed by atoms with E-state index < -0.39 is 17.0 Å². The highest BCUT2D eigenvalue weighted by Gasteiger charge is 2.22. The van der Waals surface area contributed by atoms with E-state index in [-0.39, 0.29) is 11.3 Å². The highest BCUT2D eigenvalue weighted by molar-refractivity contribution is 5.90. The number of carbonyl (C=O) groups is 1. The van der Waals surface area contributed by atoms with Gasteiger partial charge in [0.25, 0.3) is 5.69 Å². The topological polar surface area (TPSA) is 94.4 Å². The first kappa shape index (κ1) is 24.7. The van der Waals surface area contributed by atoms with Crippen molar-refractivity contribution in [3.63, 3.8) is 0 Å². The largest absolute Gasteiger partial charge is 0.449 e. The molecule has 0 radical (unpaired) electrons. The summed E-state index contributed by atoms with van der Waals surface area (Å²) in [6.07, 6.45) is -0.639. The summed E-state index contributed by atoms with van der Waals surface area (Å²) in [5, 5.41) is 11.0. The number of hydrogen-bond donors (Lipinski definition) is 0. The molecule has 5 rings (SSSR count). The van der Waals surface area contributed by atoms with Crippen LogP contribution in [-0.2, 0) is 14.2 Å². The monoisotopic (exact) mass is 503 g/mol. The van der Waals surface area contributed by atoms with Crippen LogP contribution in [0.1, 0.15) is 27.6 Å². The van der Waals surface area contributed by atoms with Crippen molar-refractivity contribution in [2.45, 2.75) is 6.10 Å². The Hall–Kier alpha value is -3.95. The van der Waals surface area contributed by atoms with E-state index >= 15 is 0 Å². The van der Waals surface area contributed by atoms with Gasteiger partial charge in [0.1, 0.15) is 0 Å². The lowest BCUT2D eigenvalue weighted by atomic mass is 10.00. The van der Waals surface area contributed by atoms with Gasteiger partial charge in [0.2, 0.25) is 0 Å². The number of carbonyl (C=O) groups excluding carboxylic acids is 1. The average molecular weight is 504 g/mol. The normalized spacial score (nSPS) is 16.0. The number of nitro benzene ring substituents is 1. The first-order valence-electron chi connectivity index (χ1n) is 12.4. The maximum atomic E-state index is 13.1. The van der Waals surface area contributed by atoms with Crippen molar-refractivity contribution in [1.29, 1.82) is 0 Å². The molecule has 0 unspecified atom stereocenters. The number of non-ortho nitro benzene ring substituents is 1. The molecule has 2 aliphatic heterocycles. The summed E-state index contributed by atoms with van der Waals surface area (Å²) < 4.78 is 16.9. The lowest BCUT2D eigenvalue weighted by Gasteiger charge is -2.30. The van der Waals surface area contributed by atoms with E-state index in [1.54, 1.807) is 0 Å². The van der Waals surface area contributed by atoms with E-state index in [0.29, 0.717) is 26.4 Å². The van der Waals surface area contributed by atoms with E-state index in [0.717, 1.165) is 48.7 Å². The van der Waals surface area contributed by atoms with Crippen molar-refractivity contribution in [3.8, 4) is 0 Å². The van der Waals surface area contributed by atoms with Crippen molar-refractivity contribution in [2.75, 3.05) is 62.4 Å². The van der Waals surface area contributed by atoms with Crippen LogP contribution < -0.4 is 9.80 Å². The molecule has 0 aromatic heterocycles. The molecular formula is C28H29N3O6. The number of morpholine rings is 2. The Labute approximate surface area is 215 Å². The van der Waals surface area contributed by atoms with Gasteiger partial charge in [-0.2, -0.15) is 0 Å². The van der Waals surface area contributed by atoms with Gasteiger partial charge in [0, 0.05) is 49.7 Å². The van der Waals surface area contributed by atoms with E-state index in [2.05, 4.69) is 9.80 Å². The fourth-order valence-corrected chi connectivity index (χ4v) is 4.59. The average Bonchev–Trinajstić information content (AvgIpc) is 2.97. The van der Waals surface area contributed by atoms with Crippen LogP contribution in [0.2, 0.25) is 0 Å². The third kappa shape index (κ3) is 5.90. The molecule has 3 aromatic carbocycles. The molecule has 37 heavy (non-hydrogen) atoms. The number of nitrogens with zero attached hydrogens (tertiary/aromatic N) is 3. The van der Waals surface area contributed by atoms with Crippen molar-refractivity contribution in [3.05, 3.63) is 99.6 Å². The van der Waals surface area contributed by atoms with Gasteiger partial charge in [0.15, 0.2) is 6.10 Å². The number of ether oxygens (including phenoxy) is 3. The maximum Gasteiger partial charge on any atom is 0.339 e. The Kier molecular flexibility index (Phi) is 7.62. The molecule has 0 spiro atoms. The van der Waals surface area contributed by atoms with Gasteiger partial charge in [-0.3, -0.25) is 10.1 Å². The molecule has 9 heteroatoms. The SMILES string of the molecule is O=C(OC(c1ccc(N2CCOCC2)cc1)c1ccc(N2CCOCC2)cc1)c1ccc([N+](=O)[O-])cc1. The summed E-state index contributed by atoms with van der Waals surface area (Å²) in [7, 11) is 0. The van der Waals surface area contributed by atoms with Crippen LogP contribution in [0.3, 0.4) is 0 Å².